The van der Waals surface area contributed by atoms with Crippen LogP contribution in [0.3, 0.4) is 0 Å². The van der Waals surface area contributed by atoms with Crippen LogP contribution in [0.2, 0.25) is 0 Å². The van der Waals surface area contributed by atoms with E-state index in [9.17, 15) is 4.79 Å². The van der Waals surface area contributed by atoms with E-state index < -0.39 is 17.6 Å². The number of aliphatic imine (C=N–C) groups is 1. The minimum atomic E-state index is -1.18. The van der Waals surface area contributed by atoms with Gasteiger partial charge in [0.15, 0.2) is 5.54 Å². The number of dihydropyridines is 1. The van der Waals surface area contributed by atoms with E-state index in [0.717, 1.165) is 11.1 Å². The predicted molar refractivity (Wildman–Crippen MR) is 103 cm³/mol. The smallest absolute Gasteiger partial charge is 0.248 e. The molecule has 4 nitrogen and oxygen atoms in total. The third kappa shape index (κ3) is 4.06. The van der Waals surface area contributed by atoms with E-state index in [-0.39, 0.29) is 0 Å². The fraction of sp³-hybridized carbons (Fsp3) is 0.200. The maximum Gasteiger partial charge on any atom is 0.248 e. The zero-order valence-corrected chi connectivity index (χ0v) is 15.2. The second-order valence-electron chi connectivity index (χ2n) is 5.96. The van der Waals surface area contributed by atoms with Crippen LogP contribution in [0.5, 0.6) is 0 Å². The molecule has 3 rings (SSSR count). The number of hydrogen-bond acceptors (Lipinski definition) is 3. The summed E-state index contributed by atoms with van der Waals surface area (Å²) in [4.78, 5) is 17.0. The number of carbonyl (C=O) groups is 1. The Morgan fingerprint density at radius 3 is 2.28 bits per heavy atom. The van der Waals surface area contributed by atoms with Gasteiger partial charge in [-0.05, 0) is 33.1 Å². The minimum absolute atomic E-state index is 0.377. The lowest BCUT2D eigenvalue weighted by Crippen LogP contribution is -2.55. The zero-order chi connectivity index (χ0) is 17.7. The first kappa shape index (κ1) is 17.6. The fourth-order valence-corrected chi connectivity index (χ4v) is 3.37. The summed E-state index contributed by atoms with van der Waals surface area (Å²) >= 11 is 3.37. The fourth-order valence-electron chi connectivity index (χ4n) is 2.90. The first-order valence-electron chi connectivity index (χ1n) is 8.03. The Morgan fingerprint density at radius 2 is 1.68 bits per heavy atom. The molecule has 2 unspecified atom stereocenters. The van der Waals surface area contributed by atoms with Crippen molar-refractivity contribution in [3.63, 3.8) is 0 Å². The number of hydrogen-bond donors (Lipinski definition) is 1. The molecule has 25 heavy (non-hydrogen) atoms. The molecular formula is C20H19BrN2O2. The first-order valence-corrected chi connectivity index (χ1v) is 8.82. The molecular weight excluding hydrogens is 380 g/mol. The van der Waals surface area contributed by atoms with Crippen LogP contribution >= 0.6 is 15.9 Å². The molecule has 0 fully saturated rings. The summed E-state index contributed by atoms with van der Waals surface area (Å²) < 4.78 is 6.64. The van der Waals surface area contributed by atoms with Crippen molar-refractivity contribution in [2.24, 2.45) is 10.7 Å². The highest BCUT2D eigenvalue weighted by molar-refractivity contribution is 9.18. The second kappa shape index (κ2) is 7.76. The van der Waals surface area contributed by atoms with Gasteiger partial charge in [0.05, 0.1) is 6.61 Å². The molecule has 5 heteroatoms. The van der Waals surface area contributed by atoms with Gasteiger partial charge < -0.3 is 10.5 Å². The molecule has 0 aromatic heterocycles. The van der Waals surface area contributed by atoms with Crippen molar-refractivity contribution in [3.05, 3.63) is 83.9 Å². The number of benzene rings is 2. The highest BCUT2D eigenvalue weighted by Gasteiger charge is 2.46. The summed E-state index contributed by atoms with van der Waals surface area (Å²) in [6.45, 7) is 0.382. The molecule has 2 aromatic rings. The maximum atomic E-state index is 12.4. The van der Waals surface area contributed by atoms with Crippen molar-refractivity contribution in [2.45, 2.75) is 24.7 Å². The van der Waals surface area contributed by atoms with Gasteiger partial charge in [0, 0.05) is 6.42 Å². The van der Waals surface area contributed by atoms with Crippen molar-refractivity contribution in [1.29, 1.82) is 0 Å². The Bertz CT molecular complexity index is 790. The molecule has 1 amide bonds. The number of nitrogens with two attached hydrogens (primary N) is 1. The van der Waals surface area contributed by atoms with Gasteiger partial charge in [-0.2, -0.15) is 0 Å². The molecule has 128 valence electrons. The standard InChI is InChI=1S/C20H19BrN2O2/c21-18-12-11-17(25-14-16-9-5-2-6-10-16)20(23-18,19(22)24)13-15-7-3-1-4-8-15/h1-12,17H,13-14H2,(H2,22,24). The molecule has 0 bridgehead atoms. The molecule has 1 heterocycles. The first-order chi connectivity index (χ1) is 12.1. The van der Waals surface area contributed by atoms with E-state index in [0.29, 0.717) is 17.6 Å². The predicted octanol–water partition coefficient (Wildman–Crippen LogP) is 3.40. The Kier molecular flexibility index (Phi) is 5.46. The monoisotopic (exact) mass is 398 g/mol. The van der Waals surface area contributed by atoms with Crippen LogP contribution in [0.1, 0.15) is 11.1 Å². The summed E-state index contributed by atoms with van der Waals surface area (Å²) in [6.07, 6.45) is 3.48. The molecule has 2 aromatic carbocycles. The summed E-state index contributed by atoms with van der Waals surface area (Å²) in [5.74, 6) is -0.504. The van der Waals surface area contributed by atoms with Gasteiger partial charge in [-0.1, -0.05) is 66.7 Å². The highest BCUT2D eigenvalue weighted by atomic mass is 79.9. The van der Waals surface area contributed by atoms with E-state index in [2.05, 4.69) is 20.9 Å². The van der Waals surface area contributed by atoms with E-state index in [4.69, 9.17) is 10.5 Å². The number of rotatable bonds is 6. The van der Waals surface area contributed by atoms with Crippen LogP contribution in [0.4, 0.5) is 0 Å². The van der Waals surface area contributed by atoms with Gasteiger partial charge >= 0.3 is 0 Å². The number of halogens is 1. The molecule has 0 saturated carbocycles. The average Bonchev–Trinajstić information content (AvgIpc) is 2.62. The van der Waals surface area contributed by atoms with Crippen LogP contribution < -0.4 is 5.73 Å². The molecule has 2 N–H and O–H groups in total. The average molecular weight is 399 g/mol. The molecule has 0 aliphatic carbocycles. The van der Waals surface area contributed by atoms with Crippen LogP contribution in [-0.2, 0) is 22.6 Å². The van der Waals surface area contributed by atoms with Gasteiger partial charge in [-0.25, -0.2) is 0 Å². The third-order valence-electron chi connectivity index (χ3n) is 4.20. The Hall–Kier alpha value is -2.24. The molecule has 0 spiro atoms. The summed E-state index contributed by atoms with van der Waals surface area (Å²) in [6, 6.07) is 19.5. The number of allylic oxidation sites excluding steroid dienone is 1. The number of nitrogens with zero attached hydrogens (tertiary/aromatic N) is 1. The number of primary amides is 1. The van der Waals surface area contributed by atoms with Crippen molar-refractivity contribution in [1.82, 2.24) is 0 Å². The van der Waals surface area contributed by atoms with Crippen LogP contribution in [0, 0.1) is 0 Å². The molecule has 1 aliphatic rings. The topological polar surface area (TPSA) is 64.7 Å². The Morgan fingerprint density at radius 1 is 1.08 bits per heavy atom. The van der Waals surface area contributed by atoms with Gasteiger partial charge in [-0.3, -0.25) is 9.79 Å². The number of carbonyl (C=O) groups excluding carboxylic acids is 1. The van der Waals surface area contributed by atoms with E-state index in [1.807, 2.05) is 66.7 Å². The van der Waals surface area contributed by atoms with E-state index >= 15 is 0 Å². The lowest BCUT2D eigenvalue weighted by molar-refractivity contribution is -0.128. The third-order valence-corrected chi connectivity index (χ3v) is 4.64. The highest BCUT2D eigenvalue weighted by Crippen LogP contribution is 2.30. The van der Waals surface area contributed by atoms with E-state index in [1.54, 1.807) is 6.08 Å². The van der Waals surface area contributed by atoms with Gasteiger partial charge in [0.2, 0.25) is 5.91 Å². The van der Waals surface area contributed by atoms with Gasteiger partial charge in [0.25, 0.3) is 0 Å². The summed E-state index contributed by atoms with van der Waals surface area (Å²) in [5.41, 5.74) is 6.62. The summed E-state index contributed by atoms with van der Waals surface area (Å²) in [5, 5.41) is 0. The van der Waals surface area contributed by atoms with Crippen LogP contribution in [0.25, 0.3) is 0 Å². The normalized spacial score (nSPS) is 22.4. The SMILES string of the molecule is NC(=O)C1(Cc2ccccc2)N=C(Br)C=CC1OCc1ccccc1. The van der Waals surface area contributed by atoms with Crippen molar-refractivity contribution in [3.8, 4) is 0 Å². The summed E-state index contributed by atoms with van der Waals surface area (Å²) in [7, 11) is 0. The molecule has 0 radical (unpaired) electrons. The van der Waals surface area contributed by atoms with Crippen molar-refractivity contribution < 1.29 is 9.53 Å². The van der Waals surface area contributed by atoms with Gasteiger partial charge in [-0.15, -0.1) is 0 Å². The Labute approximate surface area is 155 Å². The van der Waals surface area contributed by atoms with Gasteiger partial charge in [0.1, 0.15) is 10.7 Å². The van der Waals surface area contributed by atoms with Crippen molar-refractivity contribution >= 4 is 26.5 Å². The van der Waals surface area contributed by atoms with Crippen molar-refractivity contribution in [2.75, 3.05) is 0 Å². The maximum absolute atomic E-state index is 12.4. The number of amides is 1. The lowest BCUT2D eigenvalue weighted by Gasteiger charge is -2.35. The zero-order valence-electron chi connectivity index (χ0n) is 13.6. The second-order valence-corrected chi connectivity index (χ2v) is 6.77. The largest absolute Gasteiger partial charge is 0.367 e. The molecule has 2 atom stereocenters. The lowest BCUT2D eigenvalue weighted by atomic mass is 9.83. The minimum Gasteiger partial charge on any atom is -0.367 e. The van der Waals surface area contributed by atoms with Crippen LogP contribution in [-0.4, -0.2) is 22.2 Å². The molecule has 0 saturated heterocycles. The van der Waals surface area contributed by atoms with Crippen LogP contribution in [0.15, 0.2) is 77.8 Å². The molecule has 1 aliphatic heterocycles. The quantitative estimate of drug-likeness (QED) is 0.809. The van der Waals surface area contributed by atoms with E-state index in [1.165, 1.54) is 0 Å². The number of ether oxygens (including phenoxy) is 1. The Balaban J connectivity index is 1.88.